The van der Waals surface area contributed by atoms with Crippen LogP contribution in [0, 0.1) is 0 Å². The van der Waals surface area contributed by atoms with E-state index in [1.54, 1.807) is 0 Å². The zero-order chi connectivity index (χ0) is 16.2. The smallest absolute Gasteiger partial charge is 0.162 e. The lowest BCUT2D eigenvalue weighted by Crippen LogP contribution is -2.24. The van der Waals surface area contributed by atoms with Gasteiger partial charge < -0.3 is 9.47 Å². The van der Waals surface area contributed by atoms with Crippen LogP contribution in [0.5, 0.6) is 11.5 Å². The van der Waals surface area contributed by atoms with E-state index >= 15 is 0 Å². The highest BCUT2D eigenvalue weighted by molar-refractivity contribution is 5.41. The van der Waals surface area contributed by atoms with E-state index in [4.69, 9.17) is 9.47 Å². The molecule has 2 aliphatic rings. The van der Waals surface area contributed by atoms with Crippen molar-refractivity contribution in [2.24, 2.45) is 0 Å². The van der Waals surface area contributed by atoms with Crippen LogP contribution in [0.1, 0.15) is 42.9 Å². The van der Waals surface area contributed by atoms with E-state index in [9.17, 15) is 0 Å². The molecule has 0 aromatic heterocycles. The number of hydrogen-bond donors (Lipinski definition) is 0. The van der Waals surface area contributed by atoms with Crippen LogP contribution in [0.2, 0.25) is 0 Å². The summed E-state index contributed by atoms with van der Waals surface area (Å²) in [7, 11) is 0. The molecule has 1 atom stereocenters. The minimum absolute atomic E-state index is 0.0212. The molecule has 0 spiro atoms. The van der Waals surface area contributed by atoms with Crippen molar-refractivity contribution in [3.63, 3.8) is 0 Å². The minimum atomic E-state index is -0.0212. The quantitative estimate of drug-likeness (QED) is 0.825. The van der Waals surface area contributed by atoms with Gasteiger partial charge in [-0.2, -0.15) is 0 Å². The summed E-state index contributed by atoms with van der Waals surface area (Å²) in [4.78, 5) is 2.58. The summed E-state index contributed by atoms with van der Waals surface area (Å²) >= 11 is 0. The van der Waals surface area contributed by atoms with Gasteiger partial charge in [0.05, 0.1) is 0 Å². The second-order valence-electron chi connectivity index (χ2n) is 6.80. The van der Waals surface area contributed by atoms with Crippen LogP contribution in [0.3, 0.4) is 0 Å². The average molecular weight is 323 g/mol. The summed E-state index contributed by atoms with van der Waals surface area (Å²) in [6.45, 7) is 4.10. The predicted octanol–water partition coefficient (Wildman–Crippen LogP) is 4.58. The summed E-state index contributed by atoms with van der Waals surface area (Å²) in [6, 6.07) is 16.7. The van der Waals surface area contributed by atoms with Gasteiger partial charge in [-0.15, -0.1) is 0 Å². The van der Waals surface area contributed by atoms with Crippen LogP contribution in [-0.2, 0) is 6.54 Å². The molecule has 1 unspecified atom stereocenters. The topological polar surface area (TPSA) is 21.7 Å². The van der Waals surface area contributed by atoms with Gasteiger partial charge in [0.15, 0.2) is 17.6 Å². The molecule has 4 rings (SSSR count). The molecule has 3 nitrogen and oxygen atoms in total. The van der Waals surface area contributed by atoms with E-state index in [0.29, 0.717) is 6.61 Å². The zero-order valence-corrected chi connectivity index (χ0v) is 14.1. The lowest BCUT2D eigenvalue weighted by atomic mass is 10.1. The third-order valence-electron chi connectivity index (χ3n) is 4.96. The molecular weight excluding hydrogens is 298 g/mol. The molecule has 1 fully saturated rings. The van der Waals surface area contributed by atoms with Crippen molar-refractivity contribution < 1.29 is 9.47 Å². The number of nitrogens with zero attached hydrogens (tertiary/aromatic N) is 1. The highest BCUT2D eigenvalue weighted by atomic mass is 16.6. The summed E-state index contributed by atoms with van der Waals surface area (Å²) < 4.78 is 11.9. The number of benzene rings is 2. The van der Waals surface area contributed by atoms with Gasteiger partial charge in [-0.25, -0.2) is 0 Å². The highest BCUT2D eigenvalue weighted by Crippen LogP contribution is 2.35. The molecule has 24 heavy (non-hydrogen) atoms. The fourth-order valence-corrected chi connectivity index (χ4v) is 3.57. The molecule has 0 amide bonds. The molecule has 0 aliphatic carbocycles. The Labute approximate surface area is 144 Å². The van der Waals surface area contributed by atoms with Gasteiger partial charge in [0.25, 0.3) is 0 Å². The Balaban J connectivity index is 1.41. The normalized spacial score (nSPS) is 21.2. The summed E-state index contributed by atoms with van der Waals surface area (Å²) in [5, 5.41) is 0. The van der Waals surface area contributed by atoms with E-state index in [1.807, 2.05) is 24.3 Å². The molecule has 2 aliphatic heterocycles. The first-order valence-electron chi connectivity index (χ1n) is 9.08. The Bertz CT molecular complexity index is 660. The zero-order valence-electron chi connectivity index (χ0n) is 14.1. The Morgan fingerprint density at radius 3 is 2.29 bits per heavy atom. The number of fused-ring (bicyclic) bond motifs is 1. The molecule has 2 aromatic carbocycles. The van der Waals surface area contributed by atoms with E-state index in [2.05, 4.69) is 29.2 Å². The second kappa shape index (κ2) is 7.27. The summed E-state index contributed by atoms with van der Waals surface area (Å²) in [5.74, 6) is 1.67. The van der Waals surface area contributed by atoms with Crippen LogP contribution >= 0.6 is 0 Å². The van der Waals surface area contributed by atoms with Crippen molar-refractivity contribution in [3.8, 4) is 11.5 Å². The maximum Gasteiger partial charge on any atom is 0.162 e. The van der Waals surface area contributed by atoms with Crippen molar-refractivity contribution in [1.82, 2.24) is 4.90 Å². The van der Waals surface area contributed by atoms with E-state index in [-0.39, 0.29) is 6.10 Å². The summed E-state index contributed by atoms with van der Waals surface area (Å²) in [5.41, 5.74) is 2.57. The van der Waals surface area contributed by atoms with Crippen molar-refractivity contribution >= 4 is 0 Å². The fourth-order valence-electron chi connectivity index (χ4n) is 3.57. The minimum Gasteiger partial charge on any atom is -0.485 e. The van der Waals surface area contributed by atoms with Gasteiger partial charge in [0.2, 0.25) is 0 Å². The SMILES string of the molecule is c1ccc2c(c1)OCC(c1ccc(CN3CCCCCC3)cc1)O2. The number of likely N-dealkylation sites (tertiary alicyclic amines) is 1. The van der Waals surface area contributed by atoms with Crippen LogP contribution in [0.4, 0.5) is 0 Å². The molecule has 2 aromatic rings. The first-order valence-corrected chi connectivity index (χ1v) is 9.08. The molecule has 3 heteroatoms. The standard InChI is InChI=1S/C21H25NO2/c1-2-6-14-22(13-5-1)15-17-9-11-18(12-10-17)21-16-23-19-7-3-4-8-20(19)24-21/h3-4,7-12,21H,1-2,5-6,13-16H2. The van der Waals surface area contributed by atoms with Crippen LogP contribution in [0.15, 0.2) is 48.5 Å². The first kappa shape index (κ1) is 15.5. The van der Waals surface area contributed by atoms with Crippen molar-refractivity contribution in [2.45, 2.75) is 38.3 Å². The van der Waals surface area contributed by atoms with Crippen molar-refractivity contribution in [1.29, 1.82) is 0 Å². The third kappa shape index (κ3) is 3.57. The highest BCUT2D eigenvalue weighted by Gasteiger charge is 2.22. The number of rotatable bonds is 3. The van der Waals surface area contributed by atoms with Gasteiger partial charge in [-0.05, 0) is 49.2 Å². The largest absolute Gasteiger partial charge is 0.485 e. The predicted molar refractivity (Wildman–Crippen MR) is 95.5 cm³/mol. The number of para-hydroxylation sites is 2. The Kier molecular flexibility index (Phi) is 4.70. The van der Waals surface area contributed by atoms with Crippen LogP contribution in [0.25, 0.3) is 0 Å². The first-order chi connectivity index (χ1) is 11.9. The van der Waals surface area contributed by atoms with Gasteiger partial charge in [-0.3, -0.25) is 4.90 Å². The number of hydrogen-bond acceptors (Lipinski definition) is 3. The van der Waals surface area contributed by atoms with Gasteiger partial charge >= 0.3 is 0 Å². The second-order valence-corrected chi connectivity index (χ2v) is 6.80. The summed E-state index contributed by atoms with van der Waals surface area (Å²) in [6.07, 6.45) is 5.42. The maximum atomic E-state index is 6.09. The monoisotopic (exact) mass is 323 g/mol. The molecule has 0 saturated carbocycles. The van der Waals surface area contributed by atoms with Gasteiger partial charge in [0.1, 0.15) is 6.61 Å². The number of ether oxygens (including phenoxy) is 2. The molecule has 126 valence electrons. The van der Waals surface area contributed by atoms with E-state index in [0.717, 1.165) is 18.0 Å². The Morgan fingerprint density at radius 2 is 1.54 bits per heavy atom. The maximum absolute atomic E-state index is 6.09. The Morgan fingerprint density at radius 1 is 0.833 bits per heavy atom. The molecule has 2 heterocycles. The van der Waals surface area contributed by atoms with Crippen molar-refractivity contribution in [3.05, 3.63) is 59.7 Å². The molecule has 0 bridgehead atoms. The molecular formula is C21H25NO2. The lowest BCUT2D eigenvalue weighted by molar-refractivity contribution is 0.0913. The third-order valence-corrected chi connectivity index (χ3v) is 4.96. The molecule has 1 saturated heterocycles. The van der Waals surface area contributed by atoms with Crippen molar-refractivity contribution in [2.75, 3.05) is 19.7 Å². The van der Waals surface area contributed by atoms with Gasteiger partial charge in [0, 0.05) is 6.54 Å². The Hall–Kier alpha value is -2.00. The van der Waals surface area contributed by atoms with Crippen LogP contribution < -0.4 is 9.47 Å². The van der Waals surface area contributed by atoms with Gasteiger partial charge in [-0.1, -0.05) is 49.2 Å². The fraction of sp³-hybridized carbons (Fsp3) is 0.429. The average Bonchev–Trinajstić information content (AvgIpc) is 2.91. The van der Waals surface area contributed by atoms with Crippen LogP contribution in [-0.4, -0.2) is 24.6 Å². The molecule has 0 N–H and O–H groups in total. The molecule has 0 radical (unpaired) electrons. The lowest BCUT2D eigenvalue weighted by Gasteiger charge is -2.27. The van der Waals surface area contributed by atoms with E-state index < -0.39 is 0 Å². The van der Waals surface area contributed by atoms with E-state index in [1.165, 1.54) is 49.9 Å².